The van der Waals surface area contributed by atoms with Crippen LogP contribution in [0.25, 0.3) is 0 Å². The molecule has 1 aromatic rings. The third-order valence-corrected chi connectivity index (χ3v) is 3.37. The van der Waals surface area contributed by atoms with E-state index in [9.17, 15) is 4.79 Å². The molecule has 0 aliphatic rings. The van der Waals surface area contributed by atoms with Crippen LogP contribution in [0, 0.1) is 3.57 Å². The van der Waals surface area contributed by atoms with Crippen LogP contribution in [0.4, 0.5) is 5.82 Å². The summed E-state index contributed by atoms with van der Waals surface area (Å²) < 4.78 is 0.650. The molecule has 0 radical (unpaired) electrons. The SMILES string of the molecule is CCN(CCNC(C)C)c1nc[nH]c(=O)c1I. The summed E-state index contributed by atoms with van der Waals surface area (Å²) in [6.07, 6.45) is 1.46. The molecule has 1 heterocycles. The first kappa shape index (κ1) is 14.4. The maximum atomic E-state index is 11.5. The maximum absolute atomic E-state index is 11.5. The van der Waals surface area contributed by atoms with Crippen LogP contribution < -0.4 is 15.8 Å². The quantitative estimate of drug-likeness (QED) is 0.757. The van der Waals surface area contributed by atoms with E-state index < -0.39 is 0 Å². The Kier molecular flexibility index (Phi) is 5.90. The highest BCUT2D eigenvalue weighted by molar-refractivity contribution is 14.1. The molecule has 0 saturated carbocycles. The standard InChI is InChI=1S/C11H19IN4O/c1-4-16(6-5-13-8(2)3)10-9(12)11(17)15-7-14-10/h7-8,13H,4-6H2,1-3H3,(H,14,15,17). The molecule has 0 amide bonds. The number of hydrogen-bond acceptors (Lipinski definition) is 4. The van der Waals surface area contributed by atoms with E-state index in [-0.39, 0.29) is 5.56 Å². The van der Waals surface area contributed by atoms with Gasteiger partial charge in [0, 0.05) is 25.7 Å². The molecule has 0 aliphatic carbocycles. The van der Waals surface area contributed by atoms with Crippen LogP contribution in [0.3, 0.4) is 0 Å². The lowest BCUT2D eigenvalue weighted by Crippen LogP contribution is -2.36. The fraction of sp³-hybridized carbons (Fsp3) is 0.636. The summed E-state index contributed by atoms with van der Waals surface area (Å²) in [5, 5.41) is 3.36. The van der Waals surface area contributed by atoms with Gasteiger partial charge in [0.2, 0.25) is 0 Å². The van der Waals surface area contributed by atoms with Crippen LogP contribution in [0.5, 0.6) is 0 Å². The van der Waals surface area contributed by atoms with E-state index in [0.717, 1.165) is 25.5 Å². The maximum Gasteiger partial charge on any atom is 0.266 e. The number of nitrogens with one attached hydrogen (secondary N) is 2. The van der Waals surface area contributed by atoms with Crippen LogP contribution in [-0.2, 0) is 0 Å². The lowest BCUT2D eigenvalue weighted by atomic mass is 10.4. The lowest BCUT2D eigenvalue weighted by Gasteiger charge is -2.23. The number of halogens is 1. The van der Waals surface area contributed by atoms with Gasteiger partial charge in [-0.2, -0.15) is 0 Å². The van der Waals surface area contributed by atoms with Crippen LogP contribution in [0.15, 0.2) is 11.1 Å². The summed E-state index contributed by atoms with van der Waals surface area (Å²) in [6, 6.07) is 0.472. The van der Waals surface area contributed by atoms with E-state index in [0.29, 0.717) is 9.61 Å². The van der Waals surface area contributed by atoms with Crippen molar-refractivity contribution in [3.05, 3.63) is 20.3 Å². The molecule has 1 rings (SSSR count). The van der Waals surface area contributed by atoms with Gasteiger partial charge in [-0.15, -0.1) is 0 Å². The topological polar surface area (TPSA) is 61.0 Å². The number of rotatable bonds is 6. The molecule has 96 valence electrons. The summed E-state index contributed by atoms with van der Waals surface area (Å²) in [4.78, 5) is 20.4. The molecule has 1 aromatic heterocycles. The van der Waals surface area contributed by atoms with Gasteiger partial charge in [-0.1, -0.05) is 13.8 Å². The number of likely N-dealkylation sites (N-methyl/N-ethyl adjacent to an activating group) is 1. The van der Waals surface area contributed by atoms with E-state index in [1.54, 1.807) is 0 Å². The Hall–Kier alpha value is -0.630. The second-order valence-electron chi connectivity index (χ2n) is 4.06. The highest BCUT2D eigenvalue weighted by atomic mass is 127. The molecule has 0 aliphatic heterocycles. The van der Waals surface area contributed by atoms with Gasteiger partial charge in [0.1, 0.15) is 9.39 Å². The van der Waals surface area contributed by atoms with Crippen molar-refractivity contribution in [3.63, 3.8) is 0 Å². The van der Waals surface area contributed by atoms with Crippen molar-refractivity contribution < 1.29 is 0 Å². The highest BCUT2D eigenvalue weighted by Gasteiger charge is 2.11. The van der Waals surface area contributed by atoms with Crippen molar-refractivity contribution in [2.24, 2.45) is 0 Å². The predicted molar refractivity (Wildman–Crippen MR) is 78.6 cm³/mol. The zero-order valence-electron chi connectivity index (χ0n) is 10.5. The molecule has 0 fully saturated rings. The van der Waals surface area contributed by atoms with Crippen LogP contribution in [0.1, 0.15) is 20.8 Å². The Morgan fingerprint density at radius 2 is 2.29 bits per heavy atom. The molecule has 0 unspecified atom stereocenters. The molecule has 0 saturated heterocycles. The van der Waals surface area contributed by atoms with E-state index in [1.165, 1.54) is 6.33 Å². The largest absolute Gasteiger partial charge is 0.355 e. The smallest absolute Gasteiger partial charge is 0.266 e. The summed E-state index contributed by atoms with van der Waals surface area (Å²) in [7, 11) is 0. The number of aromatic amines is 1. The first-order valence-corrected chi connectivity index (χ1v) is 6.85. The second kappa shape index (κ2) is 6.95. The number of aromatic nitrogens is 2. The van der Waals surface area contributed by atoms with Crippen LogP contribution in [-0.4, -0.2) is 35.6 Å². The molecule has 0 bridgehead atoms. The third kappa shape index (κ3) is 4.27. The number of anilines is 1. The molecule has 2 N–H and O–H groups in total. The van der Waals surface area contributed by atoms with Gasteiger partial charge < -0.3 is 15.2 Å². The number of H-pyrrole nitrogens is 1. The first-order valence-electron chi connectivity index (χ1n) is 5.77. The normalized spacial score (nSPS) is 10.9. The zero-order chi connectivity index (χ0) is 12.8. The summed E-state index contributed by atoms with van der Waals surface area (Å²) >= 11 is 2.04. The number of hydrogen-bond donors (Lipinski definition) is 2. The Balaban J connectivity index is 2.73. The fourth-order valence-corrected chi connectivity index (χ4v) is 2.13. The van der Waals surface area contributed by atoms with Crippen LogP contribution >= 0.6 is 22.6 Å². The molecular weight excluding hydrogens is 331 g/mol. The van der Waals surface area contributed by atoms with Crippen molar-refractivity contribution in [1.82, 2.24) is 15.3 Å². The van der Waals surface area contributed by atoms with Gasteiger partial charge in [0.15, 0.2) is 0 Å². The Morgan fingerprint density at radius 3 is 2.88 bits per heavy atom. The van der Waals surface area contributed by atoms with Crippen molar-refractivity contribution in [2.45, 2.75) is 26.8 Å². The molecule has 5 nitrogen and oxygen atoms in total. The summed E-state index contributed by atoms with van der Waals surface area (Å²) in [5.41, 5.74) is -0.0779. The second-order valence-corrected chi connectivity index (χ2v) is 5.14. The van der Waals surface area contributed by atoms with Gasteiger partial charge in [-0.25, -0.2) is 4.98 Å². The molecular formula is C11H19IN4O. The van der Waals surface area contributed by atoms with Crippen molar-refractivity contribution in [2.75, 3.05) is 24.5 Å². The predicted octanol–water partition coefficient (Wildman–Crippen LogP) is 1.20. The van der Waals surface area contributed by atoms with Gasteiger partial charge in [0.05, 0.1) is 6.33 Å². The van der Waals surface area contributed by atoms with Gasteiger partial charge in [-0.05, 0) is 29.5 Å². The summed E-state index contributed by atoms with van der Waals surface area (Å²) in [5.74, 6) is 0.766. The Labute approximate surface area is 115 Å². The van der Waals surface area contributed by atoms with Gasteiger partial charge in [-0.3, -0.25) is 4.79 Å². The average molecular weight is 350 g/mol. The highest BCUT2D eigenvalue weighted by Crippen LogP contribution is 2.14. The molecule has 17 heavy (non-hydrogen) atoms. The van der Waals surface area contributed by atoms with E-state index in [1.807, 2.05) is 22.6 Å². The molecule has 6 heteroatoms. The van der Waals surface area contributed by atoms with Gasteiger partial charge in [0.25, 0.3) is 5.56 Å². The molecule has 0 atom stereocenters. The third-order valence-electron chi connectivity index (χ3n) is 2.39. The minimum absolute atomic E-state index is 0.0779. The fourth-order valence-electron chi connectivity index (χ4n) is 1.50. The van der Waals surface area contributed by atoms with E-state index in [2.05, 4.69) is 41.0 Å². The Bertz CT molecular complexity index is 405. The molecule has 0 aromatic carbocycles. The van der Waals surface area contributed by atoms with Crippen molar-refractivity contribution in [1.29, 1.82) is 0 Å². The first-order chi connectivity index (χ1) is 8.06. The Morgan fingerprint density at radius 1 is 1.59 bits per heavy atom. The minimum Gasteiger partial charge on any atom is -0.355 e. The minimum atomic E-state index is -0.0779. The lowest BCUT2D eigenvalue weighted by molar-refractivity contribution is 0.582. The molecule has 0 spiro atoms. The van der Waals surface area contributed by atoms with Crippen molar-refractivity contribution >= 4 is 28.4 Å². The van der Waals surface area contributed by atoms with E-state index >= 15 is 0 Å². The van der Waals surface area contributed by atoms with Gasteiger partial charge >= 0.3 is 0 Å². The van der Waals surface area contributed by atoms with Crippen molar-refractivity contribution in [3.8, 4) is 0 Å². The monoisotopic (exact) mass is 350 g/mol. The zero-order valence-corrected chi connectivity index (χ0v) is 12.6. The number of nitrogens with zero attached hydrogens (tertiary/aromatic N) is 2. The van der Waals surface area contributed by atoms with Crippen LogP contribution in [0.2, 0.25) is 0 Å². The average Bonchev–Trinajstić information content (AvgIpc) is 2.28. The summed E-state index contributed by atoms with van der Waals surface area (Å²) in [6.45, 7) is 8.87. The van der Waals surface area contributed by atoms with E-state index in [4.69, 9.17) is 0 Å².